The lowest BCUT2D eigenvalue weighted by Gasteiger charge is -2.32. The molecule has 2 aromatic heterocycles. The van der Waals surface area contributed by atoms with E-state index in [0.29, 0.717) is 6.54 Å². The number of nitrogens with zero attached hydrogens (tertiary/aromatic N) is 5. The monoisotopic (exact) mass is 367 g/mol. The molecule has 2 N–H and O–H groups in total. The highest BCUT2D eigenvalue weighted by Crippen LogP contribution is 2.21. The molecule has 3 heterocycles. The molecule has 0 unspecified atom stereocenters. The van der Waals surface area contributed by atoms with Gasteiger partial charge < -0.3 is 15.5 Å². The third-order valence-corrected chi connectivity index (χ3v) is 4.37. The number of nitrogens with one attached hydrogen (secondary N) is 2. The molecule has 0 aliphatic carbocycles. The number of carbonyl (C=O) groups excluding carboxylic acids is 1. The first-order valence-electron chi connectivity index (χ1n) is 8.68. The molecular weight excluding hydrogens is 342 g/mol. The number of rotatable bonds is 7. The summed E-state index contributed by atoms with van der Waals surface area (Å²) >= 11 is 0. The fourth-order valence-corrected chi connectivity index (χ4v) is 2.98. The number of aromatic nitrogens is 4. The maximum atomic E-state index is 12.2. The summed E-state index contributed by atoms with van der Waals surface area (Å²) in [6, 6.07) is 3.88. The van der Waals surface area contributed by atoms with Gasteiger partial charge in [-0.3, -0.25) is 4.79 Å². The summed E-state index contributed by atoms with van der Waals surface area (Å²) in [4.78, 5) is 14.4. The lowest BCUT2D eigenvalue weighted by atomic mass is 9.96. The molecule has 25 heavy (non-hydrogen) atoms. The molecule has 0 aromatic carbocycles. The van der Waals surface area contributed by atoms with E-state index in [2.05, 4.69) is 37.8 Å². The van der Waals surface area contributed by atoms with Gasteiger partial charge in [0.25, 0.3) is 0 Å². The Morgan fingerprint density at radius 3 is 2.80 bits per heavy atom. The zero-order valence-corrected chi connectivity index (χ0v) is 15.3. The van der Waals surface area contributed by atoms with Gasteiger partial charge >= 0.3 is 0 Å². The largest absolute Gasteiger partial charge is 0.355 e. The van der Waals surface area contributed by atoms with Crippen molar-refractivity contribution < 1.29 is 4.79 Å². The van der Waals surface area contributed by atoms with Crippen molar-refractivity contribution >= 4 is 29.8 Å². The molecule has 0 radical (unpaired) electrons. The Hall–Kier alpha value is -1.93. The van der Waals surface area contributed by atoms with Crippen LogP contribution in [0.1, 0.15) is 26.2 Å². The number of anilines is 1. The van der Waals surface area contributed by atoms with E-state index in [9.17, 15) is 4.79 Å². The Bertz CT molecular complexity index is 669. The van der Waals surface area contributed by atoms with Crippen molar-refractivity contribution in [3.63, 3.8) is 0 Å². The smallest absolute Gasteiger partial charge is 0.223 e. The van der Waals surface area contributed by atoms with Crippen molar-refractivity contribution in [1.82, 2.24) is 30.4 Å². The first-order valence-corrected chi connectivity index (χ1v) is 8.68. The second kappa shape index (κ2) is 9.53. The first-order chi connectivity index (χ1) is 11.8. The van der Waals surface area contributed by atoms with E-state index in [4.69, 9.17) is 0 Å². The predicted molar refractivity (Wildman–Crippen MR) is 99.1 cm³/mol. The Labute approximate surface area is 153 Å². The quantitative estimate of drug-likeness (QED) is 0.706. The van der Waals surface area contributed by atoms with Crippen LogP contribution in [0.5, 0.6) is 0 Å². The summed E-state index contributed by atoms with van der Waals surface area (Å²) < 4.78 is 1.68. The molecule has 1 saturated heterocycles. The lowest BCUT2D eigenvalue weighted by Crippen LogP contribution is -2.42. The number of hydrogen-bond acceptors (Lipinski definition) is 6. The predicted octanol–water partition coefficient (Wildman–Crippen LogP) is 0.878. The van der Waals surface area contributed by atoms with Gasteiger partial charge in [0.2, 0.25) is 5.91 Å². The Morgan fingerprint density at radius 1 is 1.24 bits per heavy atom. The average Bonchev–Trinajstić information content (AvgIpc) is 3.09. The summed E-state index contributed by atoms with van der Waals surface area (Å²) in [7, 11) is 0. The fraction of sp³-hybridized carbons (Fsp3) is 0.625. The van der Waals surface area contributed by atoms with Gasteiger partial charge in [0, 0.05) is 32.1 Å². The van der Waals surface area contributed by atoms with Crippen molar-refractivity contribution in [3.8, 4) is 0 Å². The number of fused-ring (bicyclic) bond motifs is 1. The first kappa shape index (κ1) is 19.4. The van der Waals surface area contributed by atoms with Crippen LogP contribution in [-0.2, 0) is 4.79 Å². The van der Waals surface area contributed by atoms with Crippen LogP contribution in [-0.4, -0.2) is 58.4 Å². The number of halogens is 1. The highest BCUT2D eigenvalue weighted by atomic mass is 35.5. The lowest BCUT2D eigenvalue weighted by molar-refractivity contribution is -0.125. The van der Waals surface area contributed by atoms with E-state index >= 15 is 0 Å². The van der Waals surface area contributed by atoms with Gasteiger partial charge in [0.1, 0.15) is 12.1 Å². The summed E-state index contributed by atoms with van der Waals surface area (Å²) in [6.07, 6.45) is 4.43. The minimum absolute atomic E-state index is 0. The van der Waals surface area contributed by atoms with Gasteiger partial charge in [-0.25, -0.2) is 0 Å². The zero-order valence-electron chi connectivity index (χ0n) is 14.5. The van der Waals surface area contributed by atoms with E-state index in [1.807, 2.05) is 12.1 Å². The molecule has 3 rings (SSSR count). The van der Waals surface area contributed by atoms with E-state index in [-0.39, 0.29) is 24.2 Å². The highest BCUT2D eigenvalue weighted by Gasteiger charge is 2.25. The molecule has 0 spiro atoms. The van der Waals surface area contributed by atoms with Crippen molar-refractivity contribution in [3.05, 3.63) is 18.5 Å². The van der Waals surface area contributed by atoms with Gasteiger partial charge in [-0.2, -0.15) is 4.52 Å². The van der Waals surface area contributed by atoms with E-state index in [1.54, 1.807) is 10.8 Å². The summed E-state index contributed by atoms with van der Waals surface area (Å²) in [5, 5.41) is 18.6. The normalized spacial score (nSPS) is 15.2. The van der Waals surface area contributed by atoms with Crippen LogP contribution in [0, 0.1) is 5.92 Å². The van der Waals surface area contributed by atoms with Crippen molar-refractivity contribution in [2.75, 3.05) is 37.6 Å². The summed E-state index contributed by atoms with van der Waals surface area (Å²) in [5.74, 6) is 1.19. The van der Waals surface area contributed by atoms with Crippen LogP contribution in [0.15, 0.2) is 18.5 Å². The van der Waals surface area contributed by atoms with E-state index in [0.717, 1.165) is 56.9 Å². The molecule has 138 valence electrons. The average molecular weight is 368 g/mol. The highest BCUT2D eigenvalue weighted by molar-refractivity contribution is 5.85. The van der Waals surface area contributed by atoms with Gasteiger partial charge in [-0.05, 0) is 37.9 Å². The van der Waals surface area contributed by atoms with Crippen molar-refractivity contribution in [1.29, 1.82) is 0 Å². The molecule has 0 saturated carbocycles. The molecule has 2 aromatic rings. The molecule has 1 amide bonds. The Balaban J connectivity index is 0.00000225. The SMILES string of the molecule is CCCNCCNC(=O)C1CCN(c2ccc3nncn3n2)CC1.Cl. The van der Waals surface area contributed by atoms with E-state index < -0.39 is 0 Å². The van der Waals surface area contributed by atoms with Gasteiger partial charge in [0.15, 0.2) is 5.65 Å². The molecule has 0 bridgehead atoms. The van der Waals surface area contributed by atoms with Gasteiger partial charge in [-0.15, -0.1) is 27.7 Å². The minimum atomic E-state index is 0. The maximum Gasteiger partial charge on any atom is 0.223 e. The Kier molecular flexibility index (Phi) is 7.39. The Morgan fingerprint density at radius 2 is 2.04 bits per heavy atom. The summed E-state index contributed by atoms with van der Waals surface area (Å²) in [6.45, 7) is 6.35. The zero-order chi connectivity index (χ0) is 16.8. The second-order valence-corrected chi connectivity index (χ2v) is 6.13. The molecular formula is C16H26ClN7O. The topological polar surface area (TPSA) is 87.5 Å². The third kappa shape index (κ3) is 5.02. The van der Waals surface area contributed by atoms with Crippen LogP contribution < -0.4 is 15.5 Å². The van der Waals surface area contributed by atoms with Crippen LogP contribution in [0.3, 0.4) is 0 Å². The van der Waals surface area contributed by atoms with Crippen molar-refractivity contribution in [2.24, 2.45) is 5.92 Å². The van der Waals surface area contributed by atoms with Crippen molar-refractivity contribution in [2.45, 2.75) is 26.2 Å². The number of piperidine rings is 1. The number of hydrogen-bond donors (Lipinski definition) is 2. The van der Waals surface area contributed by atoms with E-state index in [1.165, 1.54) is 0 Å². The molecule has 8 nitrogen and oxygen atoms in total. The molecule has 1 fully saturated rings. The fourth-order valence-electron chi connectivity index (χ4n) is 2.98. The molecule has 1 aliphatic heterocycles. The van der Waals surface area contributed by atoms with Crippen LogP contribution in [0.25, 0.3) is 5.65 Å². The summed E-state index contributed by atoms with van der Waals surface area (Å²) in [5.41, 5.74) is 0.740. The maximum absolute atomic E-state index is 12.2. The second-order valence-electron chi connectivity index (χ2n) is 6.13. The molecule has 0 atom stereocenters. The molecule has 1 aliphatic rings. The molecule has 9 heteroatoms. The number of carbonyl (C=O) groups is 1. The van der Waals surface area contributed by atoms with Gasteiger partial charge in [-0.1, -0.05) is 6.92 Å². The minimum Gasteiger partial charge on any atom is -0.355 e. The van der Waals surface area contributed by atoms with Crippen LogP contribution in [0.2, 0.25) is 0 Å². The van der Waals surface area contributed by atoms with Gasteiger partial charge in [0.05, 0.1) is 0 Å². The number of amides is 1. The van der Waals surface area contributed by atoms with Crippen LogP contribution in [0.4, 0.5) is 5.82 Å². The third-order valence-electron chi connectivity index (χ3n) is 4.37. The standard InChI is InChI=1S/C16H25N7O.ClH/c1-2-7-17-8-9-18-16(24)13-5-10-22(11-6-13)15-4-3-14-20-19-12-23(14)21-15;/h3-4,12-13,17H,2,5-11H2,1H3,(H,18,24);1H. The van der Waals surface area contributed by atoms with Crippen LogP contribution >= 0.6 is 12.4 Å².